The zero-order valence-electron chi connectivity index (χ0n) is 26.7. The van der Waals surface area contributed by atoms with Gasteiger partial charge in [0.25, 0.3) is 0 Å². The highest BCUT2D eigenvalue weighted by molar-refractivity contribution is 7.61. The molecule has 282 valence electrons. The van der Waals surface area contributed by atoms with E-state index in [-0.39, 0.29) is 48.7 Å². The summed E-state index contributed by atoms with van der Waals surface area (Å²) in [6, 6.07) is 0. The molecule has 1 saturated heterocycles. The number of nitrogens with one attached hydrogen (secondary N) is 2. The Kier molecular flexibility index (Phi) is 13.9. The van der Waals surface area contributed by atoms with Gasteiger partial charge in [0.2, 0.25) is 11.8 Å². The number of ketones is 1. The number of imidazole rings is 1. The van der Waals surface area contributed by atoms with Crippen LogP contribution in [0.15, 0.2) is 12.7 Å². The van der Waals surface area contributed by atoms with Crippen molar-refractivity contribution >= 4 is 58.0 Å². The maximum absolute atomic E-state index is 12.6. The van der Waals surface area contributed by atoms with E-state index >= 15 is 0 Å². The number of carbonyl (C=O) groups is 3. The number of anilines is 1. The summed E-state index contributed by atoms with van der Waals surface area (Å²) in [6.45, 7) is 1.74. The summed E-state index contributed by atoms with van der Waals surface area (Å²) in [5.74, 6) is -1.62. The fourth-order valence-electron chi connectivity index (χ4n) is 4.32. The standard InChI is InChI=1S/C23H38N7O17P3/c1-12(31)4-6-25-14(32)5-7-26-21(35)18(34)23(2,3)9-44-50(41,42)47-49(39,40)43-8-13-17(46-48(36,37)38)16(33)22(45-13)30-11-29-15-19(24)27-10-28-20(15)30/h10-11,13,16-18,22,33-34H,4-9H2,1-3H3,(H,25,32)(H,26,35)(H,39,40)(H,41,42)(H2,24,27,28)(H2,36,37,38)/t13-,16-,17-,18+,22-/m1/s1. The van der Waals surface area contributed by atoms with E-state index in [4.69, 9.17) is 19.5 Å². The predicted molar refractivity (Wildman–Crippen MR) is 165 cm³/mol. The Bertz CT molecular complexity index is 1690. The van der Waals surface area contributed by atoms with Crippen molar-refractivity contribution < 1.29 is 80.5 Å². The third-order valence-electron chi connectivity index (χ3n) is 6.88. The third kappa shape index (κ3) is 11.9. The van der Waals surface area contributed by atoms with Crippen molar-refractivity contribution in [1.29, 1.82) is 0 Å². The van der Waals surface area contributed by atoms with Gasteiger partial charge in [-0.2, -0.15) is 4.31 Å². The Labute approximate surface area is 283 Å². The zero-order chi connectivity index (χ0) is 37.7. The van der Waals surface area contributed by atoms with Crippen molar-refractivity contribution in [2.24, 2.45) is 5.41 Å². The molecule has 7 atom stereocenters. The number of phosphoric ester groups is 3. The second kappa shape index (κ2) is 16.7. The third-order valence-corrected chi connectivity index (χ3v) is 9.98. The molecule has 0 radical (unpaired) electrons. The molecule has 0 bridgehead atoms. The van der Waals surface area contributed by atoms with Crippen LogP contribution in [0.2, 0.25) is 0 Å². The average molecular weight is 778 g/mol. The van der Waals surface area contributed by atoms with Crippen molar-refractivity contribution in [3.8, 4) is 0 Å². The van der Waals surface area contributed by atoms with Gasteiger partial charge in [-0.1, -0.05) is 13.8 Å². The van der Waals surface area contributed by atoms with Gasteiger partial charge in [0.05, 0.1) is 19.5 Å². The van der Waals surface area contributed by atoms with Crippen molar-refractivity contribution in [3.63, 3.8) is 0 Å². The smallest absolute Gasteiger partial charge is 0.386 e. The molecule has 50 heavy (non-hydrogen) atoms. The van der Waals surface area contributed by atoms with Crippen molar-refractivity contribution in [1.82, 2.24) is 30.2 Å². The molecule has 2 unspecified atom stereocenters. The molecule has 24 nitrogen and oxygen atoms in total. The van der Waals surface area contributed by atoms with E-state index in [0.717, 1.165) is 17.2 Å². The van der Waals surface area contributed by atoms with Gasteiger partial charge >= 0.3 is 23.5 Å². The fraction of sp³-hybridized carbons (Fsp3) is 0.652. The summed E-state index contributed by atoms with van der Waals surface area (Å²) < 4.78 is 61.7. The van der Waals surface area contributed by atoms with Crippen LogP contribution in [0.4, 0.5) is 5.82 Å². The molecule has 27 heteroatoms. The highest BCUT2D eigenvalue weighted by Crippen LogP contribution is 2.61. The van der Waals surface area contributed by atoms with Crippen molar-refractivity contribution in [2.75, 3.05) is 32.0 Å². The molecular weight excluding hydrogens is 739 g/mol. The Morgan fingerprint density at radius 2 is 1.68 bits per heavy atom. The molecule has 1 aliphatic rings. The van der Waals surface area contributed by atoms with E-state index in [2.05, 4.69) is 34.4 Å². The largest absolute Gasteiger partial charge is 0.481 e. The number of hydrogen-bond acceptors (Lipinski definition) is 17. The second-order valence-electron chi connectivity index (χ2n) is 11.5. The minimum Gasteiger partial charge on any atom is -0.386 e. The lowest BCUT2D eigenvalue weighted by Gasteiger charge is -2.30. The highest BCUT2D eigenvalue weighted by atomic mass is 31.3. The minimum atomic E-state index is -5.56. The van der Waals surface area contributed by atoms with Crippen molar-refractivity contribution in [3.05, 3.63) is 12.7 Å². The number of aromatic nitrogens is 4. The SMILES string of the molecule is CC(=O)CCNC(=O)CCNC(=O)[C@H](O)C(C)(C)COP(=O)(O)OP(=O)(O)OC[C@H]1O[C@@H](n2cnc3c(N)ncnc32)[C@H](O)[C@@H]1OP(=O)(O)O. The summed E-state index contributed by atoms with van der Waals surface area (Å²) in [5, 5.41) is 26.0. The molecule has 10 N–H and O–H groups in total. The Morgan fingerprint density at radius 3 is 2.32 bits per heavy atom. The number of phosphoric acid groups is 3. The number of rotatable bonds is 19. The summed E-state index contributed by atoms with van der Waals surface area (Å²) >= 11 is 0. The van der Waals surface area contributed by atoms with E-state index in [9.17, 15) is 57.9 Å². The molecule has 0 aliphatic carbocycles. The van der Waals surface area contributed by atoms with Gasteiger partial charge < -0.3 is 50.9 Å². The van der Waals surface area contributed by atoms with Gasteiger partial charge in [0, 0.05) is 31.3 Å². The highest BCUT2D eigenvalue weighted by Gasteiger charge is 2.50. The number of nitrogen functional groups attached to an aromatic ring is 1. The molecular formula is C23H38N7O17P3. The van der Waals surface area contributed by atoms with E-state index in [1.54, 1.807) is 0 Å². The maximum atomic E-state index is 12.6. The van der Waals surface area contributed by atoms with E-state index < -0.39 is 84.6 Å². The molecule has 0 saturated carbocycles. The average Bonchev–Trinajstić information content (AvgIpc) is 3.54. The van der Waals surface area contributed by atoms with Crippen LogP contribution >= 0.6 is 23.5 Å². The Morgan fingerprint density at radius 1 is 1.04 bits per heavy atom. The minimum absolute atomic E-state index is 0.0305. The fourth-order valence-corrected chi connectivity index (χ4v) is 7.15. The number of nitrogens with zero attached hydrogens (tertiary/aromatic N) is 4. The number of nitrogens with two attached hydrogens (primary N) is 1. The summed E-state index contributed by atoms with van der Waals surface area (Å²) in [6.07, 6.45) is -6.78. The molecule has 0 spiro atoms. The number of amides is 2. The molecule has 0 aromatic carbocycles. The summed E-state index contributed by atoms with van der Waals surface area (Å²) in [4.78, 5) is 85.8. The quantitative estimate of drug-likeness (QED) is 0.0724. The monoisotopic (exact) mass is 777 g/mol. The van der Waals surface area contributed by atoms with Crippen LogP contribution in [-0.2, 0) is 50.7 Å². The van der Waals surface area contributed by atoms with Gasteiger partial charge in [-0.3, -0.25) is 32.5 Å². The summed E-state index contributed by atoms with van der Waals surface area (Å²) in [7, 11) is -16.4. The first-order chi connectivity index (χ1) is 23.0. The number of fused-ring (bicyclic) bond motifs is 1. The van der Waals surface area contributed by atoms with Crippen molar-refractivity contribution in [2.45, 2.75) is 64.3 Å². The first kappa shape index (κ1) is 41.6. The number of hydrogen-bond donors (Lipinski definition) is 9. The number of aliphatic hydroxyl groups is 2. The van der Waals surface area contributed by atoms with Crippen LogP contribution in [0.5, 0.6) is 0 Å². The van der Waals surface area contributed by atoms with Crippen LogP contribution in [-0.4, -0.2) is 118 Å². The summed E-state index contributed by atoms with van der Waals surface area (Å²) in [5.41, 5.74) is 4.25. The lowest BCUT2D eigenvalue weighted by Crippen LogP contribution is -2.46. The number of aliphatic hydroxyl groups excluding tert-OH is 2. The molecule has 2 aromatic heterocycles. The molecule has 3 heterocycles. The Hall–Kier alpha value is -2.79. The van der Waals surface area contributed by atoms with Gasteiger partial charge in [-0.05, 0) is 6.92 Å². The number of carbonyl (C=O) groups excluding carboxylic acids is 3. The predicted octanol–water partition coefficient (Wildman–Crippen LogP) is -1.62. The van der Waals surface area contributed by atoms with E-state index in [1.807, 2.05) is 0 Å². The van der Waals surface area contributed by atoms with Crippen LogP contribution < -0.4 is 16.4 Å². The van der Waals surface area contributed by atoms with Gasteiger partial charge in [-0.25, -0.2) is 28.6 Å². The van der Waals surface area contributed by atoms with Crippen LogP contribution in [0.3, 0.4) is 0 Å². The van der Waals surface area contributed by atoms with E-state index in [1.165, 1.54) is 20.8 Å². The number of Topliss-reactive ketones (excluding diaryl/α,β-unsaturated/α-hetero) is 1. The Balaban J connectivity index is 1.57. The molecule has 3 rings (SSSR count). The van der Waals surface area contributed by atoms with Gasteiger partial charge in [0.15, 0.2) is 17.7 Å². The van der Waals surface area contributed by atoms with Crippen LogP contribution in [0.1, 0.15) is 39.8 Å². The maximum Gasteiger partial charge on any atom is 0.481 e. The molecule has 2 amide bonds. The van der Waals surface area contributed by atoms with Gasteiger partial charge in [0.1, 0.15) is 42.0 Å². The normalized spacial score (nSPS) is 22.8. The number of ether oxygens (including phenoxy) is 1. The lowest BCUT2D eigenvalue weighted by molar-refractivity contribution is -0.137. The van der Waals surface area contributed by atoms with E-state index in [0.29, 0.717) is 0 Å². The zero-order valence-corrected chi connectivity index (χ0v) is 29.3. The van der Waals surface area contributed by atoms with Gasteiger partial charge in [-0.15, -0.1) is 0 Å². The first-order valence-corrected chi connectivity index (χ1v) is 18.9. The molecule has 2 aromatic rings. The molecule has 1 fully saturated rings. The first-order valence-electron chi connectivity index (χ1n) is 14.4. The second-order valence-corrected chi connectivity index (χ2v) is 15.8. The topological polar surface area (TPSA) is 364 Å². The van der Waals surface area contributed by atoms with Crippen LogP contribution in [0.25, 0.3) is 11.2 Å². The molecule has 1 aliphatic heterocycles. The lowest BCUT2D eigenvalue weighted by atomic mass is 9.87. The van der Waals surface area contributed by atoms with Crippen LogP contribution in [0, 0.1) is 5.41 Å².